The summed E-state index contributed by atoms with van der Waals surface area (Å²) >= 11 is 0. The van der Waals surface area contributed by atoms with Gasteiger partial charge in [-0.05, 0) is 54.2 Å². The molecule has 2 amide bonds. The number of benzene rings is 2. The number of nitrogens with zero attached hydrogens (tertiary/aromatic N) is 3. The quantitative estimate of drug-likeness (QED) is 0.239. The van der Waals surface area contributed by atoms with Crippen LogP contribution in [-0.4, -0.2) is 36.8 Å². The van der Waals surface area contributed by atoms with Crippen LogP contribution in [0.5, 0.6) is 11.5 Å². The van der Waals surface area contributed by atoms with E-state index in [1.807, 2.05) is 19.9 Å². The molecule has 0 aliphatic carbocycles. The van der Waals surface area contributed by atoms with Gasteiger partial charge in [-0.3, -0.25) is 19.6 Å². The van der Waals surface area contributed by atoms with Crippen molar-refractivity contribution in [3.05, 3.63) is 47.3 Å². The fourth-order valence-electron chi connectivity index (χ4n) is 3.85. The Morgan fingerprint density at radius 1 is 1.16 bits per heavy atom. The van der Waals surface area contributed by atoms with E-state index in [4.69, 9.17) is 5.84 Å². The third-order valence-electron chi connectivity index (χ3n) is 5.48. The molecule has 0 unspecified atom stereocenters. The number of hydrazine groups is 1. The first-order chi connectivity index (χ1) is 15.3. The maximum atomic E-state index is 12.4. The van der Waals surface area contributed by atoms with Crippen molar-refractivity contribution in [1.82, 2.24) is 20.2 Å². The summed E-state index contributed by atoms with van der Waals surface area (Å²) in [5.74, 6) is 4.53. The lowest BCUT2D eigenvalue weighted by Crippen LogP contribution is -2.32. The van der Waals surface area contributed by atoms with E-state index < -0.39 is 5.91 Å². The Morgan fingerprint density at radius 2 is 1.94 bits per heavy atom. The molecule has 1 aliphatic heterocycles. The number of amides is 2. The number of phenolic OH excluding ortho intramolecular Hbond substituents is 2. The summed E-state index contributed by atoms with van der Waals surface area (Å²) in [6.07, 6.45) is 1.81. The van der Waals surface area contributed by atoms with E-state index in [1.165, 1.54) is 10.6 Å². The van der Waals surface area contributed by atoms with E-state index in [0.717, 1.165) is 5.56 Å². The smallest absolute Gasteiger partial charge is 0.303 e. The number of nitrogen functional groups attached to an aromatic ring is 1. The van der Waals surface area contributed by atoms with Crippen molar-refractivity contribution >= 4 is 17.5 Å². The Bertz CT molecular complexity index is 1220. The highest BCUT2D eigenvalue weighted by atomic mass is 16.3. The van der Waals surface area contributed by atoms with Gasteiger partial charge in [0, 0.05) is 23.9 Å². The van der Waals surface area contributed by atoms with Gasteiger partial charge >= 0.3 is 5.91 Å². The van der Waals surface area contributed by atoms with Gasteiger partial charge in [-0.2, -0.15) is 0 Å². The summed E-state index contributed by atoms with van der Waals surface area (Å²) in [6.45, 7) is 3.82. The summed E-state index contributed by atoms with van der Waals surface area (Å²) < 4.78 is 1.49. The molecule has 2 heterocycles. The van der Waals surface area contributed by atoms with Gasteiger partial charge in [0.2, 0.25) is 11.7 Å². The van der Waals surface area contributed by atoms with Crippen molar-refractivity contribution in [3.63, 3.8) is 0 Å². The topological polar surface area (TPSA) is 155 Å². The molecule has 4 rings (SSSR count). The number of rotatable bonds is 4. The number of carbonyl (C=O) groups excluding carboxylic acids is 2. The third kappa shape index (κ3) is 3.76. The molecular weight excluding hydrogens is 412 g/mol. The molecule has 10 heteroatoms. The van der Waals surface area contributed by atoms with Crippen LogP contribution in [0.15, 0.2) is 30.3 Å². The van der Waals surface area contributed by atoms with Crippen LogP contribution in [0.2, 0.25) is 0 Å². The van der Waals surface area contributed by atoms with Gasteiger partial charge in [0.05, 0.1) is 5.56 Å². The van der Waals surface area contributed by atoms with E-state index in [9.17, 15) is 19.8 Å². The Kier molecular flexibility index (Phi) is 5.54. The van der Waals surface area contributed by atoms with Crippen LogP contribution in [0, 0.1) is 0 Å². The molecule has 6 N–H and O–H groups in total. The lowest BCUT2D eigenvalue weighted by molar-refractivity contribution is -0.116. The zero-order chi connectivity index (χ0) is 23.0. The number of aromatic nitrogens is 3. The monoisotopic (exact) mass is 436 g/mol. The number of nitrogens with two attached hydrogens (primary N) is 1. The van der Waals surface area contributed by atoms with Crippen molar-refractivity contribution in [1.29, 1.82) is 0 Å². The number of carbonyl (C=O) groups is 2. The zero-order valence-corrected chi connectivity index (χ0v) is 17.7. The number of aryl methyl sites for hydroxylation is 1. The van der Waals surface area contributed by atoms with Gasteiger partial charge in [0.1, 0.15) is 11.5 Å². The Hall–Kier alpha value is -3.92. The molecule has 10 nitrogen and oxygen atoms in total. The van der Waals surface area contributed by atoms with Crippen LogP contribution in [0.1, 0.15) is 54.4 Å². The van der Waals surface area contributed by atoms with E-state index >= 15 is 0 Å². The number of hydrogen-bond acceptors (Lipinski definition) is 7. The largest absolute Gasteiger partial charge is 0.508 e. The normalized spacial score (nSPS) is 13.4. The zero-order valence-electron chi connectivity index (χ0n) is 17.7. The van der Waals surface area contributed by atoms with Crippen molar-refractivity contribution in [2.45, 2.75) is 39.0 Å². The number of fused-ring (bicyclic) bond motifs is 1. The molecule has 166 valence electrons. The van der Waals surface area contributed by atoms with E-state index in [2.05, 4.69) is 20.9 Å². The summed E-state index contributed by atoms with van der Waals surface area (Å²) in [7, 11) is 0. The third-order valence-corrected chi connectivity index (χ3v) is 5.48. The van der Waals surface area contributed by atoms with Gasteiger partial charge < -0.3 is 15.5 Å². The molecule has 0 atom stereocenters. The lowest BCUT2D eigenvalue weighted by Gasteiger charge is -2.16. The molecule has 0 fully saturated rings. The van der Waals surface area contributed by atoms with Gasteiger partial charge in [-0.1, -0.05) is 13.8 Å². The lowest BCUT2D eigenvalue weighted by atomic mass is 9.98. The highest BCUT2D eigenvalue weighted by Crippen LogP contribution is 2.38. The first kappa shape index (κ1) is 21.3. The molecule has 0 saturated carbocycles. The number of nitrogens with one attached hydrogen (secondary N) is 2. The maximum Gasteiger partial charge on any atom is 0.303 e. The molecule has 0 saturated heterocycles. The molecule has 32 heavy (non-hydrogen) atoms. The summed E-state index contributed by atoms with van der Waals surface area (Å²) in [5.41, 5.74) is 5.17. The molecule has 0 spiro atoms. The SMILES string of the molecule is CC(C)c1cc(-c2nnc(C(=O)NN)n2-c2ccc3c(c2)CCCC(=O)N3)c(O)cc1O. The summed E-state index contributed by atoms with van der Waals surface area (Å²) in [4.78, 5) is 24.3. The van der Waals surface area contributed by atoms with E-state index in [-0.39, 0.29) is 35.0 Å². The first-order valence-electron chi connectivity index (χ1n) is 10.3. The number of hydrogen-bond donors (Lipinski definition) is 5. The number of aromatic hydroxyl groups is 2. The van der Waals surface area contributed by atoms with Crippen molar-refractivity contribution < 1.29 is 19.8 Å². The minimum atomic E-state index is -0.658. The van der Waals surface area contributed by atoms with Gasteiger partial charge in [0.25, 0.3) is 0 Å². The second-order valence-electron chi connectivity index (χ2n) is 7.98. The minimum absolute atomic E-state index is 0.0198. The van der Waals surface area contributed by atoms with Gasteiger partial charge in [0.15, 0.2) is 5.82 Å². The van der Waals surface area contributed by atoms with Crippen molar-refractivity contribution in [2.24, 2.45) is 5.84 Å². The van der Waals surface area contributed by atoms with Gasteiger partial charge in [-0.15, -0.1) is 10.2 Å². The average molecular weight is 436 g/mol. The molecule has 0 bridgehead atoms. The van der Waals surface area contributed by atoms with Crippen LogP contribution in [0.4, 0.5) is 5.69 Å². The van der Waals surface area contributed by atoms with Crippen molar-refractivity contribution in [2.75, 3.05) is 5.32 Å². The predicted molar refractivity (Wildman–Crippen MR) is 117 cm³/mol. The maximum absolute atomic E-state index is 12.4. The van der Waals surface area contributed by atoms with Crippen LogP contribution in [-0.2, 0) is 11.2 Å². The van der Waals surface area contributed by atoms with Crippen LogP contribution < -0.4 is 16.6 Å². The number of anilines is 1. The standard InChI is InChI=1S/C22H24N6O4/c1-11(2)14-9-15(18(30)10-17(14)29)20-26-27-21(22(32)25-23)28(20)13-6-7-16-12(8-13)4-3-5-19(31)24-16/h6-11,29-30H,3-5,23H2,1-2H3,(H,24,31)(H,25,32). The Morgan fingerprint density at radius 3 is 2.66 bits per heavy atom. The van der Waals surface area contributed by atoms with Crippen LogP contribution >= 0.6 is 0 Å². The highest BCUT2D eigenvalue weighted by molar-refractivity contribution is 5.93. The molecule has 1 aliphatic rings. The summed E-state index contributed by atoms with van der Waals surface area (Å²) in [6, 6.07) is 8.22. The Labute approximate surface area is 184 Å². The average Bonchev–Trinajstić information content (AvgIpc) is 3.09. The minimum Gasteiger partial charge on any atom is -0.508 e. The molecule has 2 aromatic carbocycles. The first-order valence-corrected chi connectivity index (χ1v) is 10.3. The van der Waals surface area contributed by atoms with Gasteiger partial charge in [-0.25, -0.2) is 5.84 Å². The molecule has 0 radical (unpaired) electrons. The highest BCUT2D eigenvalue weighted by Gasteiger charge is 2.25. The fourth-order valence-corrected chi connectivity index (χ4v) is 3.85. The summed E-state index contributed by atoms with van der Waals surface area (Å²) in [5, 5.41) is 31.8. The fraction of sp³-hybridized carbons (Fsp3) is 0.273. The number of phenols is 2. The van der Waals surface area contributed by atoms with E-state index in [0.29, 0.717) is 41.8 Å². The van der Waals surface area contributed by atoms with Crippen LogP contribution in [0.25, 0.3) is 17.1 Å². The Balaban J connectivity index is 1.93. The second-order valence-corrected chi connectivity index (χ2v) is 7.98. The van der Waals surface area contributed by atoms with E-state index in [1.54, 1.807) is 18.2 Å². The predicted octanol–water partition coefficient (Wildman–Crippen LogP) is 2.35. The molecule has 1 aromatic heterocycles. The molecule has 3 aromatic rings. The van der Waals surface area contributed by atoms with Crippen molar-refractivity contribution in [3.8, 4) is 28.6 Å². The van der Waals surface area contributed by atoms with Crippen LogP contribution in [0.3, 0.4) is 0 Å². The molecular formula is C22H24N6O4. The second kappa shape index (κ2) is 8.31.